The number of anilines is 1. The van der Waals surface area contributed by atoms with Crippen molar-refractivity contribution >= 4 is 23.4 Å². The van der Waals surface area contributed by atoms with Crippen molar-refractivity contribution in [2.45, 2.75) is 90.0 Å². The number of imide groups is 1. The van der Waals surface area contributed by atoms with Crippen molar-refractivity contribution in [1.82, 2.24) is 15.1 Å². The van der Waals surface area contributed by atoms with Crippen LogP contribution in [-0.4, -0.2) is 98.2 Å². The maximum Gasteiger partial charge on any atom is 0.356 e. The van der Waals surface area contributed by atoms with Gasteiger partial charge in [0.25, 0.3) is 5.91 Å². The van der Waals surface area contributed by atoms with Crippen molar-refractivity contribution in [2.24, 2.45) is 0 Å². The van der Waals surface area contributed by atoms with Gasteiger partial charge in [-0.05, 0) is 29.7 Å². The zero-order valence-electron chi connectivity index (χ0n) is 25.3. The number of aliphatic hydroxyl groups is 8. The van der Waals surface area contributed by atoms with E-state index in [2.05, 4.69) is 15.4 Å². The molecule has 2 saturated heterocycles. The Balaban J connectivity index is 0.00000133. The zero-order valence-corrected chi connectivity index (χ0v) is 25.3. The number of fused-ring (bicyclic) bond motifs is 1. The molecule has 45 heavy (non-hydrogen) atoms. The SMILES string of the molecule is CC.CC.O=C1CCC(N2Cc3c(NCc4cccc(CN5C(O)(O)C(O)(O)OC(O)(O)C5(O)O)c4)cccc3C2=O)C(=O)N1. The van der Waals surface area contributed by atoms with Crippen LogP contribution in [0.5, 0.6) is 0 Å². The minimum absolute atomic E-state index is 0.124. The minimum Gasteiger partial charge on any atom is -0.381 e. The van der Waals surface area contributed by atoms with Crippen LogP contribution >= 0.6 is 0 Å². The average Bonchev–Trinajstić information content (AvgIpc) is 3.32. The van der Waals surface area contributed by atoms with Crippen molar-refractivity contribution in [3.8, 4) is 0 Å². The Labute approximate surface area is 258 Å². The lowest BCUT2D eigenvalue weighted by molar-refractivity contribution is -0.659. The van der Waals surface area contributed by atoms with Gasteiger partial charge < -0.3 is 51.1 Å². The van der Waals surface area contributed by atoms with Crippen LogP contribution < -0.4 is 10.6 Å². The third-order valence-corrected chi connectivity index (χ3v) is 7.31. The van der Waals surface area contributed by atoms with E-state index in [9.17, 15) is 55.2 Å². The van der Waals surface area contributed by atoms with Crippen molar-refractivity contribution in [3.63, 3.8) is 0 Å². The zero-order chi connectivity index (χ0) is 34.0. The lowest BCUT2D eigenvalue weighted by atomic mass is 10.0. The fourth-order valence-corrected chi connectivity index (χ4v) is 5.09. The van der Waals surface area contributed by atoms with Crippen LogP contribution in [0.3, 0.4) is 0 Å². The maximum atomic E-state index is 13.0. The smallest absolute Gasteiger partial charge is 0.356 e. The van der Waals surface area contributed by atoms with Gasteiger partial charge >= 0.3 is 23.8 Å². The summed E-state index contributed by atoms with van der Waals surface area (Å²) in [6.07, 6.45) is 0.343. The molecule has 5 rings (SSSR count). The van der Waals surface area contributed by atoms with Crippen molar-refractivity contribution in [1.29, 1.82) is 0 Å². The standard InChI is InChI=1S/C25H28N4O12.2C2H6/c30-19-8-7-18(20(31)27-19)28-12-16-15(21(28)32)5-2-6-17(16)26-10-13-3-1-4-14(9-13)11-29-22(33,34)24(37,38)41-25(39,40)23(29,35)36;2*1-2/h1-6,9,18,26,33-40H,7-8,10-12H2,(H,27,30,31);2*1-2H3. The number of benzene rings is 2. The summed E-state index contributed by atoms with van der Waals surface area (Å²) >= 11 is 0. The topological polar surface area (TPSA) is 253 Å². The number of carbonyl (C=O) groups is 3. The Hall–Kier alpha value is -3.55. The van der Waals surface area contributed by atoms with E-state index in [0.717, 1.165) is 0 Å². The second kappa shape index (κ2) is 13.4. The number of rotatable bonds is 6. The first-order chi connectivity index (χ1) is 21.0. The van der Waals surface area contributed by atoms with Gasteiger partial charge in [0.15, 0.2) is 0 Å². The molecule has 0 bridgehead atoms. The predicted molar refractivity (Wildman–Crippen MR) is 154 cm³/mol. The first-order valence-electron chi connectivity index (χ1n) is 14.4. The summed E-state index contributed by atoms with van der Waals surface area (Å²) in [7, 11) is 0. The molecule has 16 nitrogen and oxygen atoms in total. The molecular formula is C29H40N4O12. The van der Waals surface area contributed by atoms with Gasteiger partial charge in [-0.25, -0.2) is 0 Å². The molecule has 0 aliphatic carbocycles. The minimum atomic E-state index is -4.04. The highest BCUT2D eigenvalue weighted by Crippen LogP contribution is 2.42. The highest BCUT2D eigenvalue weighted by molar-refractivity contribution is 6.06. The van der Waals surface area contributed by atoms with E-state index in [0.29, 0.717) is 22.4 Å². The van der Waals surface area contributed by atoms with Crippen LogP contribution in [0.25, 0.3) is 0 Å². The molecule has 0 aromatic heterocycles. The maximum absolute atomic E-state index is 13.0. The lowest BCUT2D eigenvalue weighted by Crippen LogP contribution is -2.83. The third-order valence-electron chi connectivity index (χ3n) is 7.31. The fraction of sp³-hybridized carbons (Fsp3) is 0.483. The van der Waals surface area contributed by atoms with Crippen LogP contribution in [0, 0.1) is 0 Å². The Morgan fingerprint density at radius 1 is 0.867 bits per heavy atom. The summed E-state index contributed by atoms with van der Waals surface area (Å²) < 4.78 is 3.88. The van der Waals surface area contributed by atoms with Gasteiger partial charge in [0.1, 0.15) is 6.04 Å². The van der Waals surface area contributed by atoms with Crippen LogP contribution in [-0.2, 0) is 34.0 Å². The summed E-state index contributed by atoms with van der Waals surface area (Å²) in [6.45, 7) is 7.44. The Morgan fingerprint density at radius 3 is 2.04 bits per heavy atom. The number of hydrogen-bond donors (Lipinski definition) is 10. The van der Waals surface area contributed by atoms with Gasteiger partial charge in [0, 0.05) is 42.9 Å². The van der Waals surface area contributed by atoms with E-state index < -0.39 is 42.3 Å². The normalized spacial score (nSPS) is 22.7. The number of piperidine rings is 1. The Bertz CT molecular complexity index is 1390. The number of morpholine rings is 1. The largest absolute Gasteiger partial charge is 0.381 e. The summed E-state index contributed by atoms with van der Waals surface area (Å²) in [4.78, 5) is 38.1. The molecule has 2 aromatic carbocycles. The number of carbonyl (C=O) groups excluding carboxylic acids is 3. The van der Waals surface area contributed by atoms with Gasteiger partial charge in [-0.3, -0.25) is 24.4 Å². The van der Waals surface area contributed by atoms with E-state index in [-0.39, 0.29) is 48.2 Å². The molecule has 3 aliphatic rings. The lowest BCUT2D eigenvalue weighted by Gasteiger charge is -2.55. The van der Waals surface area contributed by atoms with E-state index >= 15 is 0 Å². The highest BCUT2D eigenvalue weighted by atomic mass is 16.9. The molecule has 2 aromatic rings. The van der Waals surface area contributed by atoms with Crippen molar-refractivity contribution < 1.29 is 60.0 Å². The molecule has 3 heterocycles. The van der Waals surface area contributed by atoms with Crippen LogP contribution in [0.2, 0.25) is 0 Å². The van der Waals surface area contributed by atoms with E-state index in [1.165, 1.54) is 23.1 Å². The summed E-state index contributed by atoms with van der Waals surface area (Å²) in [6, 6.07) is 10.3. The molecule has 3 aliphatic heterocycles. The quantitative estimate of drug-likeness (QED) is 0.128. The molecule has 0 spiro atoms. The second-order valence-corrected chi connectivity index (χ2v) is 10.1. The summed E-state index contributed by atoms with van der Waals surface area (Å²) in [5, 5.41) is 85.4. The number of ether oxygens (including phenoxy) is 1. The molecule has 1 unspecified atom stereocenters. The van der Waals surface area contributed by atoms with E-state index in [1.807, 2.05) is 27.7 Å². The summed E-state index contributed by atoms with van der Waals surface area (Å²) in [5.74, 6) is -17.2. The first kappa shape index (κ1) is 35.9. The molecule has 0 saturated carbocycles. The monoisotopic (exact) mass is 636 g/mol. The van der Waals surface area contributed by atoms with Gasteiger partial charge in [0.2, 0.25) is 11.8 Å². The molecule has 10 N–H and O–H groups in total. The third kappa shape index (κ3) is 6.70. The van der Waals surface area contributed by atoms with Gasteiger partial charge in [-0.15, -0.1) is 0 Å². The van der Waals surface area contributed by atoms with Crippen LogP contribution in [0.4, 0.5) is 5.69 Å². The number of nitrogens with one attached hydrogen (secondary N) is 2. The first-order valence-corrected chi connectivity index (χ1v) is 14.4. The van der Waals surface area contributed by atoms with Crippen molar-refractivity contribution in [3.05, 3.63) is 64.7 Å². The van der Waals surface area contributed by atoms with Crippen molar-refractivity contribution in [2.75, 3.05) is 5.32 Å². The van der Waals surface area contributed by atoms with Gasteiger partial charge in [-0.2, -0.15) is 4.90 Å². The molecule has 16 heteroatoms. The van der Waals surface area contributed by atoms with Crippen LogP contribution in [0.1, 0.15) is 67.6 Å². The number of amides is 3. The average molecular weight is 637 g/mol. The van der Waals surface area contributed by atoms with E-state index in [1.54, 1.807) is 24.3 Å². The molecular weight excluding hydrogens is 596 g/mol. The molecule has 0 radical (unpaired) electrons. The fourth-order valence-electron chi connectivity index (χ4n) is 5.09. The number of hydrogen-bond acceptors (Lipinski definition) is 14. The molecule has 1 atom stereocenters. The summed E-state index contributed by atoms with van der Waals surface area (Å²) in [5.41, 5.74) is 2.36. The molecule has 248 valence electrons. The van der Waals surface area contributed by atoms with Gasteiger partial charge in [-0.1, -0.05) is 58.0 Å². The highest BCUT2D eigenvalue weighted by Gasteiger charge is 2.74. The Kier molecular flexibility index (Phi) is 10.7. The number of nitrogens with zero attached hydrogens (tertiary/aromatic N) is 2. The predicted octanol–water partition coefficient (Wildman–Crippen LogP) is -1.50. The van der Waals surface area contributed by atoms with Gasteiger partial charge in [0.05, 0.1) is 0 Å². The second-order valence-electron chi connectivity index (χ2n) is 10.1. The van der Waals surface area contributed by atoms with Crippen LogP contribution in [0.15, 0.2) is 42.5 Å². The Morgan fingerprint density at radius 2 is 1.44 bits per heavy atom. The molecule has 3 amide bonds. The van der Waals surface area contributed by atoms with E-state index in [4.69, 9.17) is 0 Å². The molecule has 2 fully saturated rings.